The maximum absolute atomic E-state index is 11.1. The topological polar surface area (TPSA) is 72.0 Å². The van der Waals surface area contributed by atoms with Crippen LogP contribution in [0.5, 0.6) is 5.75 Å². The Morgan fingerprint density at radius 2 is 2.12 bits per heavy atom. The minimum absolute atomic E-state index is 0. The number of ether oxygens (including phenoxy) is 2. The Hall–Kier alpha value is -1.51. The fraction of sp³-hybridized carbons (Fsp3) is 0.556. The molecule has 0 fully saturated rings. The molecule has 0 aromatic heterocycles. The van der Waals surface area contributed by atoms with Crippen molar-refractivity contribution in [1.29, 1.82) is 0 Å². The van der Waals surface area contributed by atoms with Gasteiger partial charge in [-0.05, 0) is 31.4 Å². The molecule has 1 aromatic rings. The van der Waals surface area contributed by atoms with Gasteiger partial charge in [-0.1, -0.05) is 18.2 Å². The van der Waals surface area contributed by atoms with Crippen LogP contribution in [0.2, 0.25) is 0 Å². The normalized spacial score (nSPS) is 15.6. The first-order chi connectivity index (χ1) is 11.7. The van der Waals surface area contributed by atoms with E-state index in [1.807, 2.05) is 25.1 Å². The molecule has 25 heavy (non-hydrogen) atoms. The van der Waals surface area contributed by atoms with E-state index in [0.717, 1.165) is 44.1 Å². The highest BCUT2D eigenvalue weighted by Crippen LogP contribution is 2.28. The van der Waals surface area contributed by atoms with Gasteiger partial charge in [-0.2, -0.15) is 0 Å². The molecule has 1 unspecified atom stereocenters. The molecular weight excluding hydrogens is 433 g/mol. The first-order valence-corrected chi connectivity index (χ1v) is 8.56. The van der Waals surface area contributed by atoms with Crippen molar-refractivity contribution in [1.82, 2.24) is 10.6 Å². The summed E-state index contributed by atoms with van der Waals surface area (Å²) < 4.78 is 10.5. The number of carbonyl (C=O) groups is 1. The highest BCUT2D eigenvalue weighted by atomic mass is 127. The zero-order chi connectivity index (χ0) is 17.2. The van der Waals surface area contributed by atoms with E-state index < -0.39 is 0 Å². The van der Waals surface area contributed by atoms with Crippen molar-refractivity contribution in [2.75, 3.05) is 26.7 Å². The zero-order valence-electron chi connectivity index (χ0n) is 14.9. The van der Waals surface area contributed by atoms with Crippen LogP contribution >= 0.6 is 24.0 Å². The number of nitrogens with zero attached hydrogens (tertiary/aromatic N) is 1. The maximum atomic E-state index is 11.1. The number of aliphatic imine (C=N–C) groups is 1. The van der Waals surface area contributed by atoms with E-state index in [1.54, 1.807) is 0 Å². The van der Waals surface area contributed by atoms with Crippen LogP contribution in [0.4, 0.5) is 0 Å². The summed E-state index contributed by atoms with van der Waals surface area (Å²) in [5.74, 6) is 1.60. The van der Waals surface area contributed by atoms with Crippen LogP contribution in [0.15, 0.2) is 29.3 Å². The second kappa shape index (κ2) is 11.9. The average molecular weight is 461 g/mol. The number of benzene rings is 1. The molecule has 7 heteroatoms. The minimum Gasteiger partial charge on any atom is -0.488 e. The highest BCUT2D eigenvalue weighted by Gasteiger charge is 2.21. The molecular formula is C18H28IN3O3. The summed E-state index contributed by atoms with van der Waals surface area (Å²) in [6.07, 6.45) is 3.15. The number of hydrogen-bond acceptors (Lipinski definition) is 4. The third kappa shape index (κ3) is 7.50. The van der Waals surface area contributed by atoms with Crippen LogP contribution in [-0.2, 0) is 16.0 Å². The number of para-hydroxylation sites is 1. The lowest BCUT2D eigenvalue weighted by Crippen LogP contribution is -2.38. The average Bonchev–Trinajstić information content (AvgIpc) is 3.01. The summed E-state index contributed by atoms with van der Waals surface area (Å²) in [7, 11) is 1.42. The van der Waals surface area contributed by atoms with Crippen LogP contribution in [-0.4, -0.2) is 44.8 Å². The van der Waals surface area contributed by atoms with Crippen molar-refractivity contribution in [2.24, 2.45) is 4.99 Å². The highest BCUT2D eigenvalue weighted by molar-refractivity contribution is 14.0. The van der Waals surface area contributed by atoms with Crippen molar-refractivity contribution >= 4 is 35.9 Å². The molecule has 1 heterocycles. The van der Waals surface area contributed by atoms with Crippen LogP contribution < -0.4 is 15.4 Å². The van der Waals surface area contributed by atoms with Crippen molar-refractivity contribution in [3.63, 3.8) is 0 Å². The molecule has 0 amide bonds. The summed E-state index contributed by atoms with van der Waals surface area (Å²) >= 11 is 0. The molecule has 140 valence electrons. The molecule has 0 spiro atoms. The molecule has 0 aliphatic carbocycles. The van der Waals surface area contributed by atoms with Gasteiger partial charge in [-0.25, -0.2) is 4.99 Å². The lowest BCUT2D eigenvalue weighted by Gasteiger charge is -2.13. The molecule has 2 N–H and O–H groups in total. The van der Waals surface area contributed by atoms with E-state index in [9.17, 15) is 4.79 Å². The van der Waals surface area contributed by atoms with Crippen LogP contribution in [0.25, 0.3) is 0 Å². The number of methoxy groups -OCH3 is 1. The molecule has 6 nitrogen and oxygen atoms in total. The second-order valence-electron chi connectivity index (χ2n) is 5.73. The minimum atomic E-state index is -0.159. The lowest BCUT2D eigenvalue weighted by atomic mass is 10.1. The Morgan fingerprint density at radius 3 is 2.84 bits per heavy atom. The summed E-state index contributed by atoms with van der Waals surface area (Å²) in [6.45, 7) is 4.23. The van der Waals surface area contributed by atoms with Crippen molar-refractivity contribution in [3.05, 3.63) is 29.8 Å². The molecule has 0 saturated carbocycles. The first kappa shape index (κ1) is 21.5. The second-order valence-corrected chi connectivity index (χ2v) is 5.73. The SMILES string of the molecule is CCNC(=NCC1Cc2ccccc2O1)NCCCCC(=O)OC.I. The van der Waals surface area contributed by atoms with Crippen LogP contribution in [0.1, 0.15) is 31.7 Å². The van der Waals surface area contributed by atoms with Crippen molar-refractivity contribution in [2.45, 2.75) is 38.7 Å². The first-order valence-electron chi connectivity index (χ1n) is 8.56. The fourth-order valence-electron chi connectivity index (χ4n) is 2.59. The number of hydrogen-bond donors (Lipinski definition) is 2. The number of nitrogens with one attached hydrogen (secondary N) is 2. The van der Waals surface area contributed by atoms with Crippen LogP contribution in [0, 0.1) is 0 Å². The summed E-state index contributed by atoms with van der Waals surface area (Å²) in [5, 5.41) is 6.52. The smallest absolute Gasteiger partial charge is 0.305 e. The van der Waals surface area contributed by atoms with Gasteiger partial charge in [0.05, 0.1) is 13.7 Å². The van der Waals surface area contributed by atoms with Gasteiger partial charge in [0.25, 0.3) is 0 Å². The Kier molecular flexibility index (Phi) is 10.3. The van der Waals surface area contributed by atoms with Gasteiger partial charge in [0.2, 0.25) is 0 Å². The predicted octanol–water partition coefficient (Wildman–Crippen LogP) is 2.51. The van der Waals surface area contributed by atoms with Gasteiger partial charge < -0.3 is 20.1 Å². The third-order valence-electron chi connectivity index (χ3n) is 3.84. The zero-order valence-corrected chi connectivity index (χ0v) is 17.2. The van der Waals surface area contributed by atoms with Gasteiger partial charge in [0.15, 0.2) is 5.96 Å². The molecule has 1 atom stereocenters. The van der Waals surface area contributed by atoms with Gasteiger partial charge in [-0.15, -0.1) is 24.0 Å². The molecule has 0 radical (unpaired) electrons. The molecule has 1 aliphatic rings. The molecule has 0 saturated heterocycles. The van der Waals surface area contributed by atoms with E-state index in [4.69, 9.17) is 4.74 Å². The number of guanidine groups is 1. The predicted molar refractivity (Wildman–Crippen MR) is 110 cm³/mol. The van der Waals surface area contributed by atoms with E-state index >= 15 is 0 Å². The molecule has 1 aromatic carbocycles. The largest absolute Gasteiger partial charge is 0.488 e. The van der Waals surface area contributed by atoms with Crippen molar-refractivity contribution < 1.29 is 14.3 Å². The Morgan fingerprint density at radius 1 is 1.32 bits per heavy atom. The lowest BCUT2D eigenvalue weighted by molar-refractivity contribution is -0.140. The Labute approximate surface area is 166 Å². The van der Waals surface area contributed by atoms with Gasteiger partial charge in [-0.3, -0.25) is 4.79 Å². The van der Waals surface area contributed by atoms with Crippen LogP contribution in [0.3, 0.4) is 0 Å². The van der Waals surface area contributed by atoms with E-state index in [-0.39, 0.29) is 36.0 Å². The standard InChI is InChI=1S/C18H27N3O3.HI/c1-3-19-18(20-11-7-6-10-17(22)23-2)21-13-15-12-14-8-4-5-9-16(14)24-15;/h4-5,8-9,15H,3,6-7,10-13H2,1-2H3,(H2,19,20,21);1H. The summed E-state index contributed by atoms with van der Waals surface area (Å²) in [5.41, 5.74) is 1.25. The summed E-state index contributed by atoms with van der Waals surface area (Å²) in [6, 6.07) is 8.13. The maximum Gasteiger partial charge on any atom is 0.305 e. The summed E-state index contributed by atoms with van der Waals surface area (Å²) in [4.78, 5) is 15.7. The number of halogens is 1. The Bertz CT molecular complexity index is 541. The molecule has 1 aliphatic heterocycles. The Balaban J connectivity index is 0.00000312. The monoisotopic (exact) mass is 461 g/mol. The fourth-order valence-corrected chi connectivity index (χ4v) is 2.59. The van der Waals surface area contributed by atoms with E-state index in [1.165, 1.54) is 12.7 Å². The van der Waals surface area contributed by atoms with Gasteiger partial charge >= 0.3 is 5.97 Å². The van der Waals surface area contributed by atoms with Gasteiger partial charge in [0.1, 0.15) is 11.9 Å². The third-order valence-corrected chi connectivity index (χ3v) is 3.84. The number of unbranched alkanes of at least 4 members (excludes halogenated alkanes) is 1. The quantitative estimate of drug-likeness (QED) is 0.205. The molecule has 2 rings (SSSR count). The number of fused-ring (bicyclic) bond motifs is 1. The number of rotatable bonds is 8. The molecule has 0 bridgehead atoms. The number of carbonyl (C=O) groups excluding carboxylic acids is 1. The van der Waals surface area contributed by atoms with Gasteiger partial charge in [0, 0.05) is 25.9 Å². The van der Waals surface area contributed by atoms with E-state index in [2.05, 4.69) is 26.4 Å². The number of esters is 1. The van der Waals surface area contributed by atoms with E-state index in [0.29, 0.717) is 13.0 Å². The van der Waals surface area contributed by atoms with Crippen molar-refractivity contribution in [3.8, 4) is 5.75 Å².